The van der Waals surface area contributed by atoms with Gasteiger partial charge in [-0.25, -0.2) is 5.43 Å². The molecule has 0 saturated heterocycles. The van der Waals surface area contributed by atoms with Crippen LogP contribution >= 0.6 is 35.0 Å². The Bertz CT molecular complexity index is 1120. The number of rotatable bonds is 9. The topological polar surface area (TPSA) is 79.8 Å². The van der Waals surface area contributed by atoms with E-state index in [9.17, 15) is 9.59 Å². The molecular weight excluding hydrogens is 481 g/mol. The second kappa shape index (κ2) is 12.3. The van der Waals surface area contributed by atoms with E-state index in [2.05, 4.69) is 15.8 Å². The van der Waals surface area contributed by atoms with E-state index in [1.54, 1.807) is 67.6 Å². The monoisotopic (exact) mass is 501 g/mol. The van der Waals surface area contributed by atoms with E-state index in [4.69, 9.17) is 27.9 Å². The lowest BCUT2D eigenvalue weighted by Crippen LogP contribution is -2.26. The lowest BCUT2D eigenvalue weighted by atomic mass is 10.2. The van der Waals surface area contributed by atoms with Crippen molar-refractivity contribution in [2.45, 2.75) is 17.1 Å². The average molecular weight is 502 g/mol. The van der Waals surface area contributed by atoms with Gasteiger partial charge in [-0.3, -0.25) is 9.59 Å². The fraction of sp³-hybridized carbons (Fsp3) is 0.125. The summed E-state index contributed by atoms with van der Waals surface area (Å²) in [6.45, 7) is 1.65. The quantitative estimate of drug-likeness (QED) is 0.226. The van der Waals surface area contributed by atoms with E-state index < -0.39 is 0 Å². The minimum absolute atomic E-state index is 0.155. The third-order valence-electron chi connectivity index (χ3n) is 4.28. The maximum Gasteiger partial charge on any atom is 0.262 e. The van der Waals surface area contributed by atoms with Gasteiger partial charge in [0.2, 0.25) is 0 Å². The zero-order valence-corrected chi connectivity index (χ0v) is 20.0. The molecule has 3 rings (SSSR count). The fourth-order valence-electron chi connectivity index (χ4n) is 2.58. The number of anilines is 1. The second-order valence-electron chi connectivity index (χ2n) is 6.83. The number of hydrogen-bond donors (Lipinski definition) is 2. The third kappa shape index (κ3) is 8.13. The molecule has 0 unspecified atom stereocenters. The van der Waals surface area contributed by atoms with Crippen LogP contribution in [0.5, 0.6) is 5.75 Å². The van der Waals surface area contributed by atoms with Crippen LogP contribution in [0.15, 0.2) is 82.8 Å². The molecule has 3 aromatic carbocycles. The predicted molar refractivity (Wildman–Crippen MR) is 135 cm³/mol. The molecule has 0 spiro atoms. The van der Waals surface area contributed by atoms with Crippen molar-refractivity contribution in [1.82, 2.24) is 5.43 Å². The van der Waals surface area contributed by atoms with Crippen molar-refractivity contribution in [3.63, 3.8) is 0 Å². The molecule has 0 radical (unpaired) electrons. The molecule has 6 nitrogen and oxygen atoms in total. The molecule has 170 valence electrons. The summed E-state index contributed by atoms with van der Waals surface area (Å²) in [6, 6.07) is 21.2. The molecule has 2 amide bonds. The van der Waals surface area contributed by atoms with Gasteiger partial charge in [0.1, 0.15) is 5.75 Å². The minimum atomic E-state index is -0.323. The van der Waals surface area contributed by atoms with Gasteiger partial charge in [-0.05, 0) is 73.2 Å². The van der Waals surface area contributed by atoms with E-state index in [0.717, 1.165) is 10.5 Å². The highest BCUT2D eigenvalue weighted by Gasteiger charge is 2.13. The van der Waals surface area contributed by atoms with E-state index in [1.807, 2.05) is 12.1 Å². The van der Waals surface area contributed by atoms with Gasteiger partial charge in [-0.2, -0.15) is 5.10 Å². The SMILES string of the molecule is C[C@H](Sc1ccc(Cl)cc1)C(=O)N/N=C\c1ccc(OCC(=O)Nc2ccccc2Cl)cc1. The molecule has 0 aliphatic rings. The van der Waals surface area contributed by atoms with Crippen LogP contribution in [0.4, 0.5) is 5.69 Å². The van der Waals surface area contributed by atoms with Crippen molar-refractivity contribution in [3.8, 4) is 5.75 Å². The standard InChI is InChI=1S/C24H21Cl2N3O3S/c1-16(33-20-12-8-18(25)9-13-20)24(31)29-27-14-17-6-10-19(11-7-17)32-15-23(30)28-22-5-3-2-4-21(22)26/h2-14,16H,15H2,1H3,(H,28,30)(H,29,31)/b27-14-/t16-/m0/s1. The van der Waals surface area contributed by atoms with Crippen LogP contribution in [0.1, 0.15) is 12.5 Å². The van der Waals surface area contributed by atoms with Gasteiger partial charge in [-0.15, -0.1) is 11.8 Å². The largest absolute Gasteiger partial charge is 0.484 e. The molecular formula is C24H21Cl2N3O3S. The number of nitrogens with zero attached hydrogens (tertiary/aromatic N) is 1. The van der Waals surface area contributed by atoms with Crippen molar-refractivity contribution < 1.29 is 14.3 Å². The van der Waals surface area contributed by atoms with E-state index in [0.29, 0.717) is 21.5 Å². The number of hydrogen-bond acceptors (Lipinski definition) is 5. The number of halogens is 2. The number of carbonyl (C=O) groups excluding carboxylic acids is 2. The molecule has 0 bridgehead atoms. The van der Waals surface area contributed by atoms with Crippen molar-refractivity contribution in [3.05, 3.63) is 88.4 Å². The number of thioether (sulfide) groups is 1. The van der Waals surface area contributed by atoms with Gasteiger partial charge in [0.25, 0.3) is 11.8 Å². The lowest BCUT2D eigenvalue weighted by molar-refractivity contribution is -0.120. The summed E-state index contributed by atoms with van der Waals surface area (Å²) in [7, 11) is 0. The van der Waals surface area contributed by atoms with Crippen LogP contribution in [0, 0.1) is 0 Å². The van der Waals surface area contributed by atoms with Gasteiger partial charge in [0.15, 0.2) is 6.61 Å². The smallest absolute Gasteiger partial charge is 0.262 e. The summed E-state index contributed by atoms with van der Waals surface area (Å²) in [6.07, 6.45) is 1.53. The summed E-state index contributed by atoms with van der Waals surface area (Å²) in [4.78, 5) is 25.2. The summed E-state index contributed by atoms with van der Waals surface area (Å²) in [5, 5.41) is 7.48. The average Bonchev–Trinajstić information content (AvgIpc) is 2.81. The molecule has 0 saturated carbocycles. The number of ether oxygens (including phenoxy) is 1. The van der Waals surface area contributed by atoms with Crippen LogP contribution in [0.3, 0.4) is 0 Å². The minimum Gasteiger partial charge on any atom is -0.484 e. The normalized spacial score (nSPS) is 11.7. The van der Waals surface area contributed by atoms with Crippen LogP contribution in [0.25, 0.3) is 0 Å². The third-order valence-corrected chi connectivity index (χ3v) is 5.98. The molecule has 0 aromatic heterocycles. The fourth-order valence-corrected chi connectivity index (χ4v) is 3.75. The molecule has 1 atom stereocenters. The van der Waals surface area contributed by atoms with Crippen LogP contribution in [-0.2, 0) is 9.59 Å². The zero-order valence-electron chi connectivity index (χ0n) is 17.6. The molecule has 0 fully saturated rings. The molecule has 0 heterocycles. The molecule has 0 aliphatic carbocycles. The first kappa shape index (κ1) is 24.6. The molecule has 9 heteroatoms. The van der Waals surface area contributed by atoms with Gasteiger partial charge in [0.05, 0.1) is 22.2 Å². The van der Waals surface area contributed by atoms with E-state index in [1.165, 1.54) is 18.0 Å². The van der Waals surface area contributed by atoms with Gasteiger partial charge in [-0.1, -0.05) is 35.3 Å². The van der Waals surface area contributed by atoms with Crippen molar-refractivity contribution >= 4 is 58.7 Å². The van der Waals surface area contributed by atoms with Crippen molar-refractivity contribution in [2.24, 2.45) is 5.10 Å². The van der Waals surface area contributed by atoms with E-state index >= 15 is 0 Å². The van der Waals surface area contributed by atoms with Crippen LogP contribution < -0.4 is 15.5 Å². The lowest BCUT2D eigenvalue weighted by Gasteiger charge is -2.09. The highest BCUT2D eigenvalue weighted by Crippen LogP contribution is 2.24. The Morgan fingerprint density at radius 2 is 1.73 bits per heavy atom. The predicted octanol–water partition coefficient (Wildman–Crippen LogP) is 5.64. The van der Waals surface area contributed by atoms with Gasteiger partial charge >= 0.3 is 0 Å². The van der Waals surface area contributed by atoms with Crippen LogP contribution in [0.2, 0.25) is 10.0 Å². The Kier molecular flexibility index (Phi) is 9.18. The molecule has 3 aromatic rings. The summed E-state index contributed by atoms with van der Waals surface area (Å²) in [5.74, 6) is -0.00351. The first-order valence-electron chi connectivity index (χ1n) is 9.93. The highest BCUT2D eigenvalue weighted by molar-refractivity contribution is 8.00. The Morgan fingerprint density at radius 1 is 1.03 bits per heavy atom. The van der Waals surface area contributed by atoms with Crippen molar-refractivity contribution in [2.75, 3.05) is 11.9 Å². The summed E-state index contributed by atoms with van der Waals surface area (Å²) < 4.78 is 5.49. The number of amides is 2. The summed E-state index contributed by atoms with van der Waals surface area (Å²) in [5.41, 5.74) is 3.83. The van der Waals surface area contributed by atoms with Crippen molar-refractivity contribution in [1.29, 1.82) is 0 Å². The van der Waals surface area contributed by atoms with Crippen LogP contribution in [-0.4, -0.2) is 29.9 Å². The second-order valence-corrected chi connectivity index (χ2v) is 9.09. The zero-order chi connectivity index (χ0) is 23.6. The first-order valence-corrected chi connectivity index (χ1v) is 11.6. The first-order chi connectivity index (χ1) is 15.9. The maximum absolute atomic E-state index is 12.2. The van der Waals surface area contributed by atoms with E-state index in [-0.39, 0.29) is 23.7 Å². The Balaban J connectivity index is 1.42. The Hall–Kier alpha value is -3.00. The maximum atomic E-state index is 12.2. The number of benzene rings is 3. The number of nitrogens with one attached hydrogen (secondary N) is 2. The highest BCUT2D eigenvalue weighted by atomic mass is 35.5. The Morgan fingerprint density at radius 3 is 2.42 bits per heavy atom. The molecule has 0 aliphatic heterocycles. The number of carbonyl (C=O) groups is 2. The molecule has 2 N–H and O–H groups in total. The van der Waals surface area contributed by atoms with Gasteiger partial charge < -0.3 is 10.1 Å². The molecule has 33 heavy (non-hydrogen) atoms. The summed E-state index contributed by atoms with van der Waals surface area (Å²) >= 11 is 13.3. The van der Waals surface area contributed by atoms with Gasteiger partial charge in [0, 0.05) is 9.92 Å². The Labute approximate surface area is 206 Å². The number of hydrazone groups is 1. The number of para-hydroxylation sites is 1.